The quantitative estimate of drug-likeness (QED) is 0.494. The van der Waals surface area contributed by atoms with E-state index in [0.29, 0.717) is 0 Å². The first kappa shape index (κ1) is 7.53. The number of fused-ring (bicyclic) bond motifs is 1. The Kier molecular flexibility index (Phi) is 1.59. The second-order valence-corrected chi connectivity index (χ2v) is 2.48. The molecule has 2 aromatic rings. The monoisotopic (exact) mass is 178 g/mol. The van der Waals surface area contributed by atoms with E-state index in [1.54, 1.807) is 0 Å². The van der Waals surface area contributed by atoms with Crippen molar-refractivity contribution in [1.82, 2.24) is 9.97 Å². The van der Waals surface area contributed by atoms with Gasteiger partial charge in [-0.3, -0.25) is 0 Å². The lowest BCUT2D eigenvalue weighted by Gasteiger charge is -1.82. The molecule has 0 radical (unpaired) electrons. The highest BCUT2D eigenvalue weighted by atomic mass is 16.7. The lowest BCUT2D eigenvalue weighted by Crippen LogP contribution is -2.08. The molecule has 0 amide bonds. The fraction of sp³-hybridized carbons (Fsp3) is 0. The average Bonchev–Trinajstić information content (AvgIpc) is 2.44. The Bertz CT molecular complexity index is 474. The summed E-state index contributed by atoms with van der Waals surface area (Å²) in [5, 5.41) is 12.4. The molecule has 0 saturated carbocycles. The minimum atomic E-state index is -0.749. The molecular weight excluding hydrogens is 172 g/mol. The van der Waals surface area contributed by atoms with Gasteiger partial charge in [0.1, 0.15) is 5.10 Å². The molecule has 6 heteroatoms. The Balaban J connectivity index is 2.69. The van der Waals surface area contributed by atoms with Crippen molar-refractivity contribution in [3.05, 3.63) is 40.0 Å². The molecule has 0 aliphatic heterocycles. The smallest absolute Gasteiger partial charge is 0.277 e. The molecule has 0 unspecified atom stereocenters. The second-order valence-electron chi connectivity index (χ2n) is 2.48. The number of para-hydroxylation sites is 2. The summed E-state index contributed by atoms with van der Waals surface area (Å²) < 4.78 is 0. The van der Waals surface area contributed by atoms with E-state index in [4.69, 9.17) is 0 Å². The van der Waals surface area contributed by atoms with E-state index < -0.39 is 5.03 Å². The predicted octanol–water partition coefficient (Wildman–Crippen LogP) is 0.588. The molecule has 66 valence electrons. The van der Waals surface area contributed by atoms with Gasteiger partial charge in [0.05, 0.1) is 11.0 Å². The van der Waals surface area contributed by atoms with Gasteiger partial charge in [0, 0.05) is 0 Å². The molecule has 0 aliphatic rings. The molecule has 1 heterocycles. The number of H-pyrrole nitrogens is 2. The molecule has 1 aromatic carbocycles. The second kappa shape index (κ2) is 2.74. The summed E-state index contributed by atoms with van der Waals surface area (Å²) in [6, 6.07) is 7.29. The number of imidazole rings is 1. The van der Waals surface area contributed by atoms with Gasteiger partial charge in [0.25, 0.3) is 5.62 Å². The minimum absolute atomic E-state index is 0.145. The van der Waals surface area contributed by atoms with E-state index in [9.17, 15) is 10.1 Å². The van der Waals surface area contributed by atoms with Gasteiger partial charge < -0.3 is 9.97 Å². The van der Waals surface area contributed by atoms with Crippen molar-refractivity contribution in [2.24, 2.45) is 5.10 Å². The van der Waals surface area contributed by atoms with Crippen molar-refractivity contribution in [2.45, 2.75) is 0 Å². The molecule has 13 heavy (non-hydrogen) atoms. The molecule has 0 bridgehead atoms. The van der Waals surface area contributed by atoms with Crippen LogP contribution in [0.2, 0.25) is 0 Å². The van der Waals surface area contributed by atoms with Crippen LogP contribution in [0.15, 0.2) is 29.4 Å². The van der Waals surface area contributed by atoms with Crippen molar-refractivity contribution in [1.29, 1.82) is 0 Å². The largest absolute Gasteiger partial charge is 0.319 e. The van der Waals surface area contributed by atoms with Crippen LogP contribution in [0.1, 0.15) is 0 Å². The maximum atomic E-state index is 10.0. The Hall–Kier alpha value is -2.11. The Morgan fingerprint density at radius 2 is 1.77 bits per heavy atom. The van der Waals surface area contributed by atoms with Gasteiger partial charge in [-0.05, 0) is 12.1 Å². The van der Waals surface area contributed by atoms with Crippen LogP contribution in [0.25, 0.3) is 11.0 Å². The Morgan fingerprint density at radius 3 is 2.23 bits per heavy atom. The predicted molar refractivity (Wildman–Crippen MR) is 45.2 cm³/mol. The Morgan fingerprint density at radius 1 is 1.23 bits per heavy atom. The van der Waals surface area contributed by atoms with Gasteiger partial charge in [-0.25, -0.2) is 10.1 Å². The van der Waals surface area contributed by atoms with Crippen LogP contribution in [0.4, 0.5) is 0 Å². The number of nitrogens with one attached hydrogen (secondary N) is 2. The number of nitro groups is 1. The van der Waals surface area contributed by atoms with Crippen LogP contribution in [-0.4, -0.2) is 15.0 Å². The third-order valence-corrected chi connectivity index (χ3v) is 1.61. The van der Waals surface area contributed by atoms with Gasteiger partial charge in [-0.15, -0.1) is 0 Å². The van der Waals surface area contributed by atoms with Crippen molar-refractivity contribution in [2.75, 3.05) is 0 Å². The molecule has 2 rings (SSSR count). The van der Waals surface area contributed by atoms with E-state index in [-0.39, 0.29) is 5.62 Å². The minimum Gasteiger partial charge on any atom is -0.319 e. The SMILES string of the molecule is O=[N+]([O-])N=c1[nH]c2ccccc2[nH]1. The van der Waals surface area contributed by atoms with Gasteiger partial charge >= 0.3 is 0 Å². The summed E-state index contributed by atoms with van der Waals surface area (Å²) in [4.78, 5) is 15.6. The Labute approximate surface area is 72.1 Å². The first-order valence-electron chi connectivity index (χ1n) is 3.62. The fourth-order valence-electron chi connectivity index (χ4n) is 1.12. The zero-order chi connectivity index (χ0) is 9.26. The number of hydrogen-bond acceptors (Lipinski definition) is 2. The van der Waals surface area contributed by atoms with E-state index in [2.05, 4.69) is 15.1 Å². The number of aromatic nitrogens is 2. The van der Waals surface area contributed by atoms with Crippen molar-refractivity contribution >= 4 is 11.0 Å². The first-order valence-corrected chi connectivity index (χ1v) is 3.62. The summed E-state index contributed by atoms with van der Waals surface area (Å²) in [5.41, 5.74) is 1.73. The third kappa shape index (κ3) is 1.41. The summed E-state index contributed by atoms with van der Waals surface area (Å²) in [6.07, 6.45) is 0. The van der Waals surface area contributed by atoms with Crippen LogP contribution >= 0.6 is 0 Å². The van der Waals surface area contributed by atoms with Crippen LogP contribution in [0.3, 0.4) is 0 Å². The summed E-state index contributed by atoms with van der Waals surface area (Å²) in [7, 11) is 0. The van der Waals surface area contributed by atoms with Crippen LogP contribution in [-0.2, 0) is 0 Å². The molecule has 1 aromatic heterocycles. The van der Waals surface area contributed by atoms with Gasteiger partial charge in [-0.2, -0.15) is 0 Å². The van der Waals surface area contributed by atoms with Crippen molar-refractivity contribution in [3.8, 4) is 0 Å². The van der Waals surface area contributed by atoms with Gasteiger partial charge in [-0.1, -0.05) is 12.1 Å². The molecule has 0 fully saturated rings. The number of hydrogen-bond donors (Lipinski definition) is 2. The fourth-order valence-corrected chi connectivity index (χ4v) is 1.12. The molecule has 0 spiro atoms. The maximum absolute atomic E-state index is 10.0. The number of nitrogens with zero attached hydrogens (tertiary/aromatic N) is 2. The topological polar surface area (TPSA) is 87.1 Å². The lowest BCUT2D eigenvalue weighted by atomic mass is 10.3. The van der Waals surface area contributed by atoms with Crippen LogP contribution in [0.5, 0.6) is 0 Å². The number of aromatic amines is 2. The van der Waals surface area contributed by atoms with Crippen molar-refractivity contribution in [3.63, 3.8) is 0 Å². The van der Waals surface area contributed by atoms with E-state index in [0.717, 1.165) is 11.0 Å². The third-order valence-electron chi connectivity index (χ3n) is 1.61. The van der Waals surface area contributed by atoms with Gasteiger partial charge in [0.2, 0.25) is 0 Å². The summed E-state index contributed by atoms with van der Waals surface area (Å²) in [5.74, 6) is 0. The molecule has 0 saturated heterocycles. The average molecular weight is 178 g/mol. The molecule has 2 N–H and O–H groups in total. The summed E-state index contributed by atoms with van der Waals surface area (Å²) >= 11 is 0. The van der Waals surface area contributed by atoms with Crippen LogP contribution in [0, 0.1) is 10.1 Å². The zero-order valence-electron chi connectivity index (χ0n) is 6.52. The molecular formula is C7H6N4O2. The number of rotatable bonds is 1. The van der Waals surface area contributed by atoms with Crippen molar-refractivity contribution < 1.29 is 5.03 Å². The number of benzene rings is 1. The molecule has 6 nitrogen and oxygen atoms in total. The normalized spacial score (nSPS) is 10.2. The van der Waals surface area contributed by atoms with E-state index >= 15 is 0 Å². The highest BCUT2D eigenvalue weighted by Crippen LogP contribution is 2.03. The van der Waals surface area contributed by atoms with E-state index in [1.807, 2.05) is 24.3 Å². The zero-order valence-corrected chi connectivity index (χ0v) is 6.52. The highest BCUT2D eigenvalue weighted by molar-refractivity contribution is 5.73. The standard InChI is InChI=1S/C7H6N4O2/c12-11(13)10-7-8-5-3-1-2-4-6(5)9-7/h1-4H,(H2,8,9,10). The van der Waals surface area contributed by atoms with Gasteiger partial charge in [0.15, 0.2) is 5.03 Å². The lowest BCUT2D eigenvalue weighted by molar-refractivity contribution is -0.491. The molecule has 0 aliphatic carbocycles. The highest BCUT2D eigenvalue weighted by Gasteiger charge is 1.96. The van der Waals surface area contributed by atoms with E-state index in [1.165, 1.54) is 0 Å². The summed E-state index contributed by atoms with van der Waals surface area (Å²) in [6.45, 7) is 0. The molecule has 0 atom stereocenters. The first-order chi connectivity index (χ1) is 6.25. The maximum Gasteiger partial charge on any atom is 0.277 e. The van der Waals surface area contributed by atoms with Crippen LogP contribution < -0.4 is 5.62 Å².